The second-order valence-electron chi connectivity index (χ2n) is 5.16. The van der Waals surface area contributed by atoms with Gasteiger partial charge in [0.1, 0.15) is 5.75 Å². The first-order chi connectivity index (χ1) is 10.1. The topological polar surface area (TPSA) is 47.3 Å². The molecule has 1 heterocycles. The lowest BCUT2D eigenvalue weighted by atomic mass is 9.75. The summed E-state index contributed by atoms with van der Waals surface area (Å²) >= 11 is 3.55. The molecule has 0 spiro atoms. The molecule has 0 aromatic heterocycles. The Morgan fingerprint density at radius 1 is 1.14 bits per heavy atom. The molecule has 0 saturated carbocycles. The number of methoxy groups -OCH3 is 1. The minimum Gasteiger partial charge on any atom is -0.497 e. The molecule has 4 heteroatoms. The highest BCUT2D eigenvalue weighted by Gasteiger charge is 2.36. The molecule has 21 heavy (non-hydrogen) atoms. The summed E-state index contributed by atoms with van der Waals surface area (Å²) in [4.78, 5) is 0. The van der Waals surface area contributed by atoms with Crippen LogP contribution in [0.3, 0.4) is 0 Å². The summed E-state index contributed by atoms with van der Waals surface area (Å²) in [5.41, 5.74) is 8.14. The molecule has 0 aliphatic carbocycles. The van der Waals surface area contributed by atoms with Gasteiger partial charge in [-0.05, 0) is 41.5 Å². The maximum Gasteiger partial charge on any atom is 0.118 e. The van der Waals surface area contributed by atoms with Gasteiger partial charge in [-0.1, -0.05) is 40.2 Å². The predicted octanol–water partition coefficient (Wildman–Crippen LogP) is 3.15. The van der Waals surface area contributed by atoms with Crippen molar-refractivity contribution in [3.05, 3.63) is 76.0 Å². The Labute approximate surface area is 132 Å². The first kappa shape index (κ1) is 14.0. The van der Waals surface area contributed by atoms with Gasteiger partial charge in [-0.2, -0.15) is 0 Å². The fourth-order valence-corrected chi connectivity index (χ4v) is 3.20. The third-order valence-electron chi connectivity index (χ3n) is 3.92. The number of benzene rings is 2. The Hall–Kier alpha value is -1.94. The first-order valence-electron chi connectivity index (χ1n) is 6.77. The molecule has 1 aliphatic heterocycles. The van der Waals surface area contributed by atoms with Crippen molar-refractivity contribution >= 4 is 15.9 Å². The van der Waals surface area contributed by atoms with E-state index >= 15 is 0 Å². The van der Waals surface area contributed by atoms with Gasteiger partial charge in [0.25, 0.3) is 0 Å². The van der Waals surface area contributed by atoms with Gasteiger partial charge in [0.2, 0.25) is 0 Å². The quantitative estimate of drug-likeness (QED) is 0.899. The number of rotatable bonds is 3. The van der Waals surface area contributed by atoms with Crippen molar-refractivity contribution in [1.29, 1.82) is 0 Å². The number of hydrogen-bond donors (Lipinski definition) is 2. The van der Waals surface area contributed by atoms with Crippen LogP contribution in [0.4, 0.5) is 0 Å². The standard InChI is InChI=1S/C17H17BrN2O/c1-21-15-7-5-12(6-8-15)17(10-16(19)20-11-17)13-3-2-4-14(18)9-13/h2-10,20H,11,19H2,1H3. The van der Waals surface area contributed by atoms with Gasteiger partial charge in [-0.25, -0.2) is 0 Å². The lowest BCUT2D eigenvalue weighted by molar-refractivity contribution is 0.414. The number of nitrogens with two attached hydrogens (primary N) is 1. The fourth-order valence-electron chi connectivity index (χ4n) is 2.80. The Bertz CT molecular complexity index is 681. The number of hydrogen-bond acceptors (Lipinski definition) is 3. The average molecular weight is 345 g/mol. The molecular weight excluding hydrogens is 328 g/mol. The number of halogens is 1. The van der Waals surface area contributed by atoms with Crippen LogP contribution in [-0.4, -0.2) is 13.7 Å². The van der Waals surface area contributed by atoms with Crippen LogP contribution < -0.4 is 15.8 Å². The second-order valence-corrected chi connectivity index (χ2v) is 6.08. The summed E-state index contributed by atoms with van der Waals surface area (Å²) in [7, 11) is 1.67. The van der Waals surface area contributed by atoms with E-state index in [0.717, 1.165) is 16.8 Å². The van der Waals surface area contributed by atoms with Gasteiger partial charge in [-0.3, -0.25) is 0 Å². The molecule has 2 aromatic carbocycles. The van der Waals surface area contributed by atoms with Crippen molar-refractivity contribution in [2.24, 2.45) is 5.73 Å². The molecule has 3 N–H and O–H groups in total. The van der Waals surface area contributed by atoms with Crippen molar-refractivity contribution < 1.29 is 4.74 Å². The Morgan fingerprint density at radius 2 is 1.90 bits per heavy atom. The van der Waals surface area contributed by atoms with E-state index in [1.54, 1.807) is 7.11 Å². The highest BCUT2D eigenvalue weighted by Crippen LogP contribution is 2.38. The largest absolute Gasteiger partial charge is 0.497 e. The van der Waals surface area contributed by atoms with Crippen LogP contribution >= 0.6 is 15.9 Å². The normalized spacial score (nSPS) is 20.8. The lowest BCUT2D eigenvalue weighted by Gasteiger charge is -2.28. The highest BCUT2D eigenvalue weighted by molar-refractivity contribution is 9.10. The van der Waals surface area contributed by atoms with Gasteiger partial charge < -0.3 is 15.8 Å². The summed E-state index contributed by atoms with van der Waals surface area (Å²) in [6, 6.07) is 16.5. The van der Waals surface area contributed by atoms with Crippen molar-refractivity contribution in [3.8, 4) is 5.75 Å². The lowest BCUT2D eigenvalue weighted by Crippen LogP contribution is -2.31. The van der Waals surface area contributed by atoms with Gasteiger partial charge in [0.05, 0.1) is 18.3 Å². The van der Waals surface area contributed by atoms with E-state index in [4.69, 9.17) is 10.5 Å². The summed E-state index contributed by atoms with van der Waals surface area (Å²) in [5, 5.41) is 3.25. The van der Waals surface area contributed by atoms with Crippen LogP contribution in [-0.2, 0) is 5.41 Å². The Balaban J connectivity index is 2.13. The van der Waals surface area contributed by atoms with Crippen LogP contribution in [0, 0.1) is 0 Å². The number of nitrogens with one attached hydrogen (secondary N) is 1. The molecule has 1 atom stereocenters. The van der Waals surface area contributed by atoms with Crippen LogP contribution in [0.5, 0.6) is 5.75 Å². The SMILES string of the molecule is COc1ccc(C2(c3cccc(Br)c3)C=C(N)NC2)cc1. The molecular formula is C17H17BrN2O. The van der Waals surface area contributed by atoms with E-state index in [-0.39, 0.29) is 5.41 Å². The van der Waals surface area contributed by atoms with Crippen molar-refractivity contribution in [2.75, 3.05) is 13.7 Å². The van der Waals surface area contributed by atoms with Crippen molar-refractivity contribution in [3.63, 3.8) is 0 Å². The monoisotopic (exact) mass is 344 g/mol. The second kappa shape index (κ2) is 5.45. The van der Waals surface area contributed by atoms with Gasteiger partial charge in [-0.15, -0.1) is 0 Å². The minimum atomic E-state index is -0.250. The summed E-state index contributed by atoms with van der Waals surface area (Å²) < 4.78 is 6.31. The predicted molar refractivity (Wildman–Crippen MR) is 88.2 cm³/mol. The van der Waals surface area contributed by atoms with Gasteiger partial charge in [0, 0.05) is 11.0 Å². The fraction of sp³-hybridized carbons (Fsp3) is 0.176. The van der Waals surface area contributed by atoms with E-state index in [9.17, 15) is 0 Å². The molecule has 3 nitrogen and oxygen atoms in total. The Morgan fingerprint density at radius 3 is 2.48 bits per heavy atom. The molecule has 1 aliphatic rings. The van der Waals surface area contributed by atoms with Crippen LogP contribution in [0.25, 0.3) is 0 Å². The molecule has 3 rings (SSSR count). The number of ether oxygens (including phenoxy) is 1. The molecule has 0 amide bonds. The molecule has 0 fully saturated rings. The van der Waals surface area contributed by atoms with Crippen molar-refractivity contribution in [1.82, 2.24) is 5.32 Å². The van der Waals surface area contributed by atoms with Crippen LogP contribution in [0.1, 0.15) is 11.1 Å². The van der Waals surface area contributed by atoms with E-state index < -0.39 is 0 Å². The first-order valence-corrected chi connectivity index (χ1v) is 7.56. The maximum absolute atomic E-state index is 5.99. The van der Waals surface area contributed by atoms with E-state index in [0.29, 0.717) is 5.82 Å². The Kier molecular flexibility index (Phi) is 3.64. The molecule has 0 saturated heterocycles. The van der Waals surface area contributed by atoms with Crippen LogP contribution in [0.2, 0.25) is 0 Å². The molecule has 1 unspecified atom stereocenters. The smallest absolute Gasteiger partial charge is 0.118 e. The summed E-state index contributed by atoms with van der Waals surface area (Å²) in [6.45, 7) is 0.752. The van der Waals surface area contributed by atoms with Crippen molar-refractivity contribution in [2.45, 2.75) is 5.41 Å². The van der Waals surface area contributed by atoms with Gasteiger partial charge >= 0.3 is 0 Å². The van der Waals surface area contributed by atoms with Gasteiger partial charge in [0.15, 0.2) is 0 Å². The van der Waals surface area contributed by atoms with E-state index in [1.165, 1.54) is 11.1 Å². The minimum absolute atomic E-state index is 0.250. The maximum atomic E-state index is 5.99. The van der Waals surface area contributed by atoms with Crippen LogP contribution in [0.15, 0.2) is 64.9 Å². The third kappa shape index (κ3) is 2.51. The molecule has 0 bridgehead atoms. The van der Waals surface area contributed by atoms with E-state index in [1.807, 2.05) is 24.3 Å². The molecule has 0 radical (unpaired) electrons. The zero-order valence-electron chi connectivity index (χ0n) is 11.8. The zero-order chi connectivity index (χ0) is 14.9. The third-order valence-corrected chi connectivity index (χ3v) is 4.41. The molecule has 2 aromatic rings. The highest BCUT2D eigenvalue weighted by atomic mass is 79.9. The summed E-state index contributed by atoms with van der Waals surface area (Å²) in [6.07, 6.45) is 2.09. The zero-order valence-corrected chi connectivity index (χ0v) is 13.4. The molecule has 108 valence electrons. The summed E-state index contributed by atoms with van der Waals surface area (Å²) in [5.74, 6) is 1.57. The van der Waals surface area contributed by atoms with E-state index in [2.05, 4.69) is 51.6 Å². The average Bonchev–Trinajstić information content (AvgIpc) is 2.91.